The lowest BCUT2D eigenvalue weighted by molar-refractivity contribution is 0.0341. The lowest BCUT2D eigenvalue weighted by Gasteiger charge is -2.27. The first-order chi connectivity index (χ1) is 15.7. The lowest BCUT2D eigenvalue weighted by Crippen LogP contribution is -2.38. The van der Waals surface area contributed by atoms with Gasteiger partial charge in [0, 0.05) is 45.3 Å². The topological polar surface area (TPSA) is 78.0 Å². The van der Waals surface area contributed by atoms with E-state index >= 15 is 0 Å². The molecule has 7 nitrogen and oxygen atoms in total. The summed E-state index contributed by atoms with van der Waals surface area (Å²) in [6.07, 6.45) is 0.808. The lowest BCUT2D eigenvalue weighted by atomic mass is 10.1. The minimum Gasteiger partial charge on any atom is -0.379 e. The summed E-state index contributed by atoms with van der Waals surface area (Å²) >= 11 is 0. The molecular weight excluding hydrogens is 529 g/mol. The summed E-state index contributed by atoms with van der Waals surface area (Å²) in [6.45, 7) is 8.72. The zero-order chi connectivity index (χ0) is 22.6. The van der Waals surface area contributed by atoms with E-state index in [0.717, 1.165) is 63.9 Å². The molecule has 0 atom stereocenters. The van der Waals surface area contributed by atoms with E-state index in [1.807, 2.05) is 24.3 Å². The largest absolute Gasteiger partial charge is 0.379 e. The van der Waals surface area contributed by atoms with Crippen LogP contribution in [0, 0.1) is 0 Å². The Labute approximate surface area is 214 Å². The molecule has 1 fully saturated rings. The van der Waals surface area contributed by atoms with Crippen LogP contribution in [-0.2, 0) is 24.2 Å². The maximum absolute atomic E-state index is 11.8. The molecule has 33 heavy (non-hydrogen) atoms. The van der Waals surface area contributed by atoms with Crippen LogP contribution in [0.2, 0.25) is 0 Å². The Kier molecular flexibility index (Phi) is 12.2. The molecule has 0 aromatic heterocycles. The highest BCUT2D eigenvalue weighted by molar-refractivity contribution is 14.0. The molecule has 1 heterocycles. The third-order valence-electron chi connectivity index (χ3n) is 5.49. The van der Waals surface area contributed by atoms with Crippen LogP contribution in [0.25, 0.3) is 0 Å². The number of morpholine rings is 1. The Morgan fingerprint density at radius 2 is 1.82 bits per heavy atom. The maximum Gasteiger partial charge on any atom is 0.251 e. The number of carbonyl (C=O) groups is 1. The van der Waals surface area contributed by atoms with Crippen molar-refractivity contribution in [3.8, 4) is 0 Å². The van der Waals surface area contributed by atoms with Gasteiger partial charge in [0.15, 0.2) is 5.96 Å². The second kappa shape index (κ2) is 14.9. The van der Waals surface area contributed by atoms with Gasteiger partial charge >= 0.3 is 0 Å². The molecule has 0 saturated carbocycles. The van der Waals surface area contributed by atoms with Crippen LogP contribution in [0.15, 0.2) is 53.5 Å². The van der Waals surface area contributed by atoms with E-state index in [1.54, 1.807) is 7.05 Å². The summed E-state index contributed by atoms with van der Waals surface area (Å²) in [5.41, 5.74) is 4.36. The Balaban J connectivity index is 0.00000385. The number of hydrogen-bond donors (Lipinski definition) is 3. The van der Waals surface area contributed by atoms with Crippen molar-refractivity contribution < 1.29 is 9.53 Å². The van der Waals surface area contributed by atoms with Crippen LogP contribution < -0.4 is 16.0 Å². The van der Waals surface area contributed by atoms with Gasteiger partial charge in [-0.15, -0.1) is 24.0 Å². The Hall–Kier alpha value is -2.17. The first-order valence-electron chi connectivity index (χ1n) is 11.4. The van der Waals surface area contributed by atoms with E-state index in [1.165, 1.54) is 11.1 Å². The standard InChI is InChI=1S/C25H35N5O2.HI/c1-3-27-25(28-12-11-20-7-6-10-21(17-20)24(31)26-2)29-18-22-8-4-5-9-23(22)19-30-13-15-32-16-14-30;/h4-10,17H,3,11-16,18-19H2,1-2H3,(H,26,31)(H2,27,28,29);1H. The fraction of sp³-hybridized carbons (Fsp3) is 0.440. The van der Waals surface area contributed by atoms with Gasteiger partial charge in [0.1, 0.15) is 0 Å². The van der Waals surface area contributed by atoms with Crippen LogP contribution in [0.5, 0.6) is 0 Å². The molecule has 0 bridgehead atoms. The van der Waals surface area contributed by atoms with Crippen molar-refractivity contribution in [1.82, 2.24) is 20.9 Å². The Bertz CT molecular complexity index is 900. The molecule has 3 N–H and O–H groups in total. The minimum absolute atomic E-state index is 0. The van der Waals surface area contributed by atoms with Gasteiger partial charge in [-0.2, -0.15) is 0 Å². The number of halogens is 1. The number of nitrogens with zero attached hydrogens (tertiary/aromatic N) is 2. The number of ether oxygens (including phenoxy) is 1. The van der Waals surface area contributed by atoms with Crippen molar-refractivity contribution >= 4 is 35.8 Å². The third kappa shape index (κ3) is 8.94. The molecule has 1 amide bonds. The number of rotatable bonds is 9. The smallest absolute Gasteiger partial charge is 0.251 e. The van der Waals surface area contributed by atoms with Gasteiger partial charge in [0.05, 0.1) is 19.8 Å². The first kappa shape index (κ1) is 27.1. The summed E-state index contributed by atoms with van der Waals surface area (Å²) in [5, 5.41) is 9.41. The average Bonchev–Trinajstić information content (AvgIpc) is 2.83. The number of guanidine groups is 1. The second-order valence-corrected chi connectivity index (χ2v) is 7.81. The number of carbonyl (C=O) groups excluding carboxylic acids is 1. The third-order valence-corrected chi connectivity index (χ3v) is 5.49. The second-order valence-electron chi connectivity index (χ2n) is 7.81. The van der Waals surface area contributed by atoms with Crippen molar-refractivity contribution in [3.05, 3.63) is 70.8 Å². The predicted molar refractivity (Wildman–Crippen MR) is 144 cm³/mol. The molecule has 1 aliphatic heterocycles. The SMILES string of the molecule is CCNC(=NCc1ccccc1CN1CCOCC1)NCCc1cccc(C(=O)NC)c1.I. The molecule has 2 aromatic carbocycles. The van der Waals surface area contributed by atoms with Crippen LogP contribution in [0.1, 0.15) is 34.0 Å². The van der Waals surface area contributed by atoms with Crippen LogP contribution >= 0.6 is 24.0 Å². The molecule has 0 spiro atoms. The fourth-order valence-corrected chi connectivity index (χ4v) is 3.71. The van der Waals surface area contributed by atoms with Gasteiger partial charge in [-0.05, 0) is 42.2 Å². The van der Waals surface area contributed by atoms with E-state index in [4.69, 9.17) is 9.73 Å². The molecular formula is C25H36IN5O2. The zero-order valence-electron chi connectivity index (χ0n) is 19.6. The summed E-state index contributed by atoms with van der Waals surface area (Å²) in [6, 6.07) is 16.3. The molecule has 1 saturated heterocycles. The van der Waals surface area contributed by atoms with Gasteiger partial charge in [0.2, 0.25) is 0 Å². The van der Waals surface area contributed by atoms with Gasteiger partial charge in [-0.1, -0.05) is 36.4 Å². The number of benzene rings is 2. The highest BCUT2D eigenvalue weighted by Gasteiger charge is 2.12. The van der Waals surface area contributed by atoms with Gasteiger partial charge in [-0.25, -0.2) is 4.99 Å². The molecule has 180 valence electrons. The van der Waals surface area contributed by atoms with E-state index in [2.05, 4.69) is 52.0 Å². The van der Waals surface area contributed by atoms with Crippen LogP contribution in [-0.4, -0.2) is 63.2 Å². The molecule has 1 aliphatic rings. The fourth-order valence-electron chi connectivity index (χ4n) is 3.71. The molecule has 3 rings (SSSR count). The molecule has 8 heteroatoms. The monoisotopic (exact) mass is 565 g/mol. The quantitative estimate of drug-likeness (QED) is 0.248. The summed E-state index contributed by atoms with van der Waals surface area (Å²) in [7, 11) is 1.65. The van der Waals surface area contributed by atoms with Crippen molar-refractivity contribution in [2.24, 2.45) is 4.99 Å². The van der Waals surface area contributed by atoms with Crippen molar-refractivity contribution in [2.45, 2.75) is 26.4 Å². The minimum atomic E-state index is -0.0644. The molecule has 2 aromatic rings. The predicted octanol–water partition coefficient (Wildman–Crippen LogP) is 2.79. The van der Waals surface area contributed by atoms with E-state index in [9.17, 15) is 4.79 Å². The van der Waals surface area contributed by atoms with Gasteiger partial charge < -0.3 is 20.7 Å². The van der Waals surface area contributed by atoms with Crippen molar-refractivity contribution in [2.75, 3.05) is 46.4 Å². The molecule has 0 unspecified atom stereocenters. The van der Waals surface area contributed by atoms with Crippen LogP contribution in [0.4, 0.5) is 0 Å². The molecule has 0 radical (unpaired) electrons. The Morgan fingerprint density at radius 3 is 2.55 bits per heavy atom. The maximum atomic E-state index is 11.8. The summed E-state index contributed by atoms with van der Waals surface area (Å²) in [5.74, 6) is 0.738. The first-order valence-corrected chi connectivity index (χ1v) is 11.4. The number of amides is 1. The van der Waals surface area contributed by atoms with E-state index in [0.29, 0.717) is 12.1 Å². The van der Waals surface area contributed by atoms with Crippen LogP contribution in [0.3, 0.4) is 0 Å². The van der Waals surface area contributed by atoms with E-state index in [-0.39, 0.29) is 29.9 Å². The Morgan fingerprint density at radius 1 is 1.06 bits per heavy atom. The van der Waals surface area contributed by atoms with Crippen molar-refractivity contribution in [3.63, 3.8) is 0 Å². The van der Waals surface area contributed by atoms with Gasteiger partial charge in [0.25, 0.3) is 5.91 Å². The normalized spacial score (nSPS) is 14.3. The number of aliphatic imine (C=N–C) groups is 1. The summed E-state index contributed by atoms with van der Waals surface area (Å²) in [4.78, 5) is 19.1. The van der Waals surface area contributed by atoms with E-state index < -0.39 is 0 Å². The highest BCUT2D eigenvalue weighted by atomic mass is 127. The number of hydrogen-bond acceptors (Lipinski definition) is 4. The highest BCUT2D eigenvalue weighted by Crippen LogP contribution is 2.14. The molecule has 0 aliphatic carbocycles. The average molecular weight is 566 g/mol. The number of nitrogens with one attached hydrogen (secondary N) is 3. The zero-order valence-corrected chi connectivity index (χ0v) is 21.9. The van der Waals surface area contributed by atoms with Crippen molar-refractivity contribution in [1.29, 1.82) is 0 Å². The van der Waals surface area contributed by atoms with Gasteiger partial charge in [-0.3, -0.25) is 9.69 Å². The summed E-state index contributed by atoms with van der Waals surface area (Å²) < 4.78 is 5.47.